The van der Waals surface area contributed by atoms with E-state index in [4.69, 9.17) is 15.2 Å². The van der Waals surface area contributed by atoms with Gasteiger partial charge in [0.2, 0.25) is 0 Å². The molecule has 0 aromatic heterocycles. The number of benzene rings is 1. The Morgan fingerprint density at radius 2 is 1.89 bits per heavy atom. The molecule has 0 spiro atoms. The van der Waals surface area contributed by atoms with Gasteiger partial charge in [-0.2, -0.15) is 11.8 Å². The molecule has 1 atom stereocenters. The summed E-state index contributed by atoms with van der Waals surface area (Å²) in [5, 5.41) is 0. The van der Waals surface area contributed by atoms with Gasteiger partial charge in [0.05, 0.1) is 0 Å². The van der Waals surface area contributed by atoms with Crippen LogP contribution in [0.4, 0.5) is 0 Å². The lowest BCUT2D eigenvalue weighted by Gasteiger charge is -2.30. The number of hydrogen-bond donors (Lipinski definition) is 1. The highest BCUT2D eigenvalue weighted by molar-refractivity contribution is 7.99. The van der Waals surface area contributed by atoms with Crippen LogP contribution in [-0.2, 0) is 0 Å². The van der Waals surface area contributed by atoms with Crippen LogP contribution >= 0.6 is 11.8 Å². The van der Waals surface area contributed by atoms with Crippen molar-refractivity contribution < 1.29 is 9.47 Å². The van der Waals surface area contributed by atoms with Crippen molar-refractivity contribution in [2.75, 3.05) is 31.3 Å². The Labute approximate surface area is 118 Å². The molecule has 1 saturated heterocycles. The smallest absolute Gasteiger partial charge is 0.161 e. The minimum Gasteiger partial charge on any atom is -0.486 e. The van der Waals surface area contributed by atoms with Gasteiger partial charge in [0, 0.05) is 0 Å². The van der Waals surface area contributed by atoms with Crippen molar-refractivity contribution in [2.45, 2.75) is 18.8 Å². The van der Waals surface area contributed by atoms with Gasteiger partial charge in [-0.05, 0) is 60.4 Å². The van der Waals surface area contributed by atoms with Gasteiger partial charge in [0.25, 0.3) is 0 Å². The van der Waals surface area contributed by atoms with Gasteiger partial charge in [0.1, 0.15) is 13.2 Å². The van der Waals surface area contributed by atoms with Gasteiger partial charge in [0.15, 0.2) is 11.5 Å². The summed E-state index contributed by atoms with van der Waals surface area (Å²) in [6, 6.07) is 6.32. The Balaban J connectivity index is 1.82. The van der Waals surface area contributed by atoms with Crippen LogP contribution in [0.3, 0.4) is 0 Å². The highest BCUT2D eigenvalue weighted by atomic mass is 32.2. The quantitative estimate of drug-likeness (QED) is 0.924. The van der Waals surface area contributed by atoms with Crippen LogP contribution in [0.5, 0.6) is 11.5 Å². The molecule has 3 rings (SSSR count). The number of fused-ring (bicyclic) bond motifs is 1. The standard InChI is InChI=1S/C15H21NO2S/c16-10-13(11-3-7-19-8-4-11)12-1-2-14-15(9-12)18-6-5-17-14/h1-2,9,11,13H,3-8,10,16H2. The van der Waals surface area contributed by atoms with Gasteiger partial charge >= 0.3 is 0 Å². The Morgan fingerprint density at radius 3 is 2.63 bits per heavy atom. The Bertz CT molecular complexity index is 432. The highest BCUT2D eigenvalue weighted by Gasteiger charge is 2.25. The average molecular weight is 279 g/mol. The number of nitrogens with two attached hydrogens (primary N) is 1. The van der Waals surface area contributed by atoms with Crippen LogP contribution in [-0.4, -0.2) is 31.3 Å². The molecule has 0 amide bonds. The first-order chi connectivity index (χ1) is 9.38. The maximum Gasteiger partial charge on any atom is 0.161 e. The Kier molecular flexibility index (Phi) is 4.18. The fourth-order valence-electron chi connectivity index (χ4n) is 3.01. The normalized spacial score (nSPS) is 21.1. The summed E-state index contributed by atoms with van der Waals surface area (Å²) in [6.45, 7) is 2.01. The van der Waals surface area contributed by atoms with Gasteiger partial charge in [-0.15, -0.1) is 0 Å². The fraction of sp³-hybridized carbons (Fsp3) is 0.600. The lowest BCUT2D eigenvalue weighted by atomic mass is 9.82. The van der Waals surface area contributed by atoms with Crippen molar-refractivity contribution in [3.8, 4) is 11.5 Å². The molecule has 3 nitrogen and oxygen atoms in total. The molecule has 1 unspecified atom stereocenters. The maximum atomic E-state index is 6.03. The van der Waals surface area contributed by atoms with Crippen LogP contribution < -0.4 is 15.2 Å². The third-order valence-corrected chi connectivity index (χ3v) is 5.13. The summed E-state index contributed by atoms with van der Waals surface area (Å²) in [4.78, 5) is 0. The van der Waals surface area contributed by atoms with E-state index in [2.05, 4.69) is 23.9 Å². The van der Waals surface area contributed by atoms with Gasteiger partial charge in [-0.25, -0.2) is 0 Å². The second-order valence-electron chi connectivity index (χ2n) is 5.20. The molecule has 19 heavy (non-hydrogen) atoms. The van der Waals surface area contributed by atoms with E-state index in [-0.39, 0.29) is 0 Å². The van der Waals surface area contributed by atoms with E-state index in [1.165, 1.54) is 29.9 Å². The monoisotopic (exact) mass is 279 g/mol. The SMILES string of the molecule is NCC(c1ccc2c(c1)OCCO2)C1CCSCC1. The number of ether oxygens (including phenoxy) is 2. The van der Waals surface area contributed by atoms with Crippen LogP contribution in [0.15, 0.2) is 18.2 Å². The average Bonchev–Trinajstić information content (AvgIpc) is 2.49. The lowest BCUT2D eigenvalue weighted by Crippen LogP contribution is -2.25. The van der Waals surface area contributed by atoms with E-state index in [0.717, 1.165) is 18.0 Å². The summed E-state index contributed by atoms with van der Waals surface area (Å²) in [5.74, 6) is 5.46. The summed E-state index contributed by atoms with van der Waals surface area (Å²) in [6.07, 6.45) is 2.56. The molecule has 0 aliphatic carbocycles. The van der Waals surface area contributed by atoms with Crippen molar-refractivity contribution >= 4 is 11.8 Å². The molecule has 2 aliphatic rings. The molecular weight excluding hydrogens is 258 g/mol. The van der Waals surface area contributed by atoms with Gasteiger partial charge in [-0.1, -0.05) is 6.07 Å². The molecule has 0 bridgehead atoms. The molecule has 104 valence electrons. The zero-order valence-corrected chi connectivity index (χ0v) is 12.0. The van der Waals surface area contributed by atoms with E-state index in [9.17, 15) is 0 Å². The molecule has 0 radical (unpaired) electrons. The second kappa shape index (κ2) is 6.06. The van der Waals surface area contributed by atoms with Crippen molar-refractivity contribution in [3.63, 3.8) is 0 Å². The van der Waals surface area contributed by atoms with E-state index in [1.54, 1.807) is 0 Å². The third kappa shape index (κ3) is 2.84. The minimum absolute atomic E-state index is 0.455. The molecule has 0 saturated carbocycles. The predicted octanol–water partition coefficient (Wildman–Crippen LogP) is 2.64. The summed E-state index contributed by atoms with van der Waals surface area (Å²) in [5.41, 5.74) is 7.34. The third-order valence-electron chi connectivity index (χ3n) is 4.08. The van der Waals surface area contributed by atoms with Gasteiger partial charge in [-0.3, -0.25) is 0 Å². The number of hydrogen-bond acceptors (Lipinski definition) is 4. The number of thioether (sulfide) groups is 1. The van der Waals surface area contributed by atoms with Crippen molar-refractivity contribution in [1.29, 1.82) is 0 Å². The largest absolute Gasteiger partial charge is 0.486 e. The summed E-state index contributed by atoms with van der Waals surface area (Å²) in [7, 11) is 0. The molecule has 4 heteroatoms. The first-order valence-electron chi connectivity index (χ1n) is 7.06. The van der Waals surface area contributed by atoms with Crippen LogP contribution in [0.2, 0.25) is 0 Å². The van der Waals surface area contributed by atoms with Crippen LogP contribution in [0, 0.1) is 5.92 Å². The first-order valence-corrected chi connectivity index (χ1v) is 8.21. The van der Waals surface area contributed by atoms with Crippen molar-refractivity contribution in [2.24, 2.45) is 11.7 Å². The van der Waals surface area contributed by atoms with E-state index in [1.807, 2.05) is 6.07 Å². The predicted molar refractivity (Wildman–Crippen MR) is 79.3 cm³/mol. The number of rotatable bonds is 3. The van der Waals surface area contributed by atoms with Crippen LogP contribution in [0.25, 0.3) is 0 Å². The first kappa shape index (κ1) is 13.1. The molecule has 2 heterocycles. The molecule has 2 aliphatic heterocycles. The second-order valence-corrected chi connectivity index (χ2v) is 6.42. The van der Waals surface area contributed by atoms with Crippen molar-refractivity contribution in [1.82, 2.24) is 0 Å². The van der Waals surface area contributed by atoms with E-state index < -0.39 is 0 Å². The molecular formula is C15H21NO2S. The molecule has 2 N–H and O–H groups in total. The molecule has 1 aromatic carbocycles. The fourth-order valence-corrected chi connectivity index (χ4v) is 4.15. The maximum absolute atomic E-state index is 6.03. The Hall–Kier alpha value is -0.870. The molecule has 1 aromatic rings. The van der Waals surface area contributed by atoms with Crippen LogP contribution in [0.1, 0.15) is 24.3 Å². The van der Waals surface area contributed by atoms with E-state index >= 15 is 0 Å². The van der Waals surface area contributed by atoms with Crippen molar-refractivity contribution in [3.05, 3.63) is 23.8 Å². The zero-order valence-electron chi connectivity index (χ0n) is 11.1. The topological polar surface area (TPSA) is 44.5 Å². The summed E-state index contributed by atoms with van der Waals surface area (Å²) >= 11 is 2.06. The summed E-state index contributed by atoms with van der Waals surface area (Å²) < 4.78 is 11.3. The zero-order chi connectivity index (χ0) is 13.1. The minimum atomic E-state index is 0.455. The highest BCUT2D eigenvalue weighted by Crippen LogP contribution is 2.38. The Morgan fingerprint density at radius 1 is 1.16 bits per heavy atom. The van der Waals surface area contributed by atoms with Gasteiger partial charge < -0.3 is 15.2 Å². The van der Waals surface area contributed by atoms with E-state index in [0.29, 0.717) is 25.0 Å². The lowest BCUT2D eigenvalue weighted by molar-refractivity contribution is 0.171. The molecule has 1 fully saturated rings.